The molecule has 1 saturated heterocycles. The average molecular weight is 663 g/mol. The maximum Gasteiger partial charge on any atom is 0.323 e. The van der Waals surface area contributed by atoms with Crippen LogP contribution in [-0.2, 0) is 20.9 Å². The first kappa shape index (κ1) is 30.4. The van der Waals surface area contributed by atoms with Crippen LogP contribution in [0, 0.1) is 11.8 Å². The molecule has 0 bridgehead atoms. The number of nitrogens with two attached hydrogens (primary N) is 2. The van der Waals surface area contributed by atoms with Gasteiger partial charge in [-0.2, -0.15) is 0 Å². The summed E-state index contributed by atoms with van der Waals surface area (Å²) >= 11 is 5.12. The Morgan fingerprint density at radius 3 is 2.60 bits per heavy atom. The van der Waals surface area contributed by atoms with E-state index in [0.29, 0.717) is 60.5 Å². The summed E-state index contributed by atoms with van der Waals surface area (Å²) < 4.78 is 19.4. The van der Waals surface area contributed by atoms with Crippen molar-refractivity contribution in [1.82, 2.24) is 24.4 Å². The van der Waals surface area contributed by atoms with Crippen LogP contribution in [-0.4, -0.2) is 68.3 Å². The number of likely N-dealkylation sites (tertiary alicyclic amines) is 1. The largest absolute Gasteiger partial charge is 0.454 e. The number of aromatic nitrogens is 4. The molecule has 0 saturated carbocycles. The van der Waals surface area contributed by atoms with E-state index >= 15 is 0 Å². The molecule has 3 aromatic rings. The van der Waals surface area contributed by atoms with Crippen molar-refractivity contribution in [2.45, 2.75) is 75.2 Å². The second-order valence-electron chi connectivity index (χ2n) is 11.1. The molecule has 2 aliphatic rings. The summed E-state index contributed by atoms with van der Waals surface area (Å²) in [5.41, 5.74) is 13.3. The third-order valence-corrected chi connectivity index (χ3v) is 9.48. The average Bonchev–Trinajstić information content (AvgIpc) is 3.56. The summed E-state index contributed by atoms with van der Waals surface area (Å²) in [5, 5.41) is 0.746. The van der Waals surface area contributed by atoms with E-state index in [-0.39, 0.29) is 18.6 Å². The van der Waals surface area contributed by atoms with Crippen molar-refractivity contribution in [2.75, 3.05) is 25.6 Å². The molecule has 0 radical (unpaired) electrons. The zero-order chi connectivity index (χ0) is 30.0. The number of nitrogens with zero attached hydrogens (tertiary/aromatic N) is 5. The number of anilines is 1. The summed E-state index contributed by atoms with van der Waals surface area (Å²) in [4.78, 5) is 41.4. The predicted molar refractivity (Wildman–Crippen MR) is 161 cm³/mol. The van der Waals surface area contributed by atoms with Gasteiger partial charge in [0.25, 0.3) is 5.91 Å². The lowest BCUT2D eigenvalue weighted by Gasteiger charge is -2.33. The zero-order valence-electron chi connectivity index (χ0n) is 23.9. The predicted octanol–water partition coefficient (Wildman–Crippen LogP) is 3.98. The van der Waals surface area contributed by atoms with Gasteiger partial charge in [-0.05, 0) is 72.5 Å². The Balaban J connectivity index is 1.21. The Kier molecular flexibility index (Phi) is 9.43. The Hall–Kier alpha value is -3.10. The van der Waals surface area contributed by atoms with Gasteiger partial charge in [0.05, 0.1) is 0 Å². The summed E-state index contributed by atoms with van der Waals surface area (Å²) in [6, 6.07) is 3.10. The number of hydrogen-bond donors (Lipinski definition) is 2. The van der Waals surface area contributed by atoms with Crippen LogP contribution < -0.4 is 20.9 Å². The van der Waals surface area contributed by atoms with E-state index in [1.54, 1.807) is 11.8 Å². The number of imidazole rings is 1. The van der Waals surface area contributed by atoms with Gasteiger partial charge >= 0.3 is 5.97 Å². The van der Waals surface area contributed by atoms with Crippen molar-refractivity contribution >= 4 is 56.6 Å². The number of halogens is 1. The van der Waals surface area contributed by atoms with E-state index in [9.17, 15) is 9.59 Å². The maximum absolute atomic E-state index is 13.0. The number of amides is 1. The van der Waals surface area contributed by atoms with Crippen molar-refractivity contribution < 1.29 is 23.8 Å². The molecule has 4 heterocycles. The second kappa shape index (κ2) is 13.0. The van der Waals surface area contributed by atoms with Gasteiger partial charge in [-0.15, -0.1) is 0 Å². The molecule has 42 heavy (non-hydrogen) atoms. The monoisotopic (exact) mass is 661 g/mol. The minimum absolute atomic E-state index is 0.181. The highest BCUT2D eigenvalue weighted by Gasteiger charge is 2.30. The zero-order valence-corrected chi connectivity index (χ0v) is 26.3. The van der Waals surface area contributed by atoms with Crippen LogP contribution in [0.15, 0.2) is 33.0 Å². The number of fused-ring (bicyclic) bond motifs is 2. The van der Waals surface area contributed by atoms with Gasteiger partial charge in [0.1, 0.15) is 12.4 Å². The molecule has 1 aromatic carbocycles. The molecule has 1 fully saturated rings. The number of aryl methyl sites for hydroxylation is 1. The van der Waals surface area contributed by atoms with Gasteiger partial charge in [-0.25, -0.2) is 15.0 Å². The van der Waals surface area contributed by atoms with Gasteiger partial charge in [0.15, 0.2) is 39.7 Å². The Morgan fingerprint density at radius 2 is 1.88 bits per heavy atom. The molecule has 2 aromatic heterocycles. The van der Waals surface area contributed by atoms with E-state index in [2.05, 4.69) is 30.5 Å². The molecule has 0 aliphatic carbocycles. The number of carbonyl (C=O) groups excluding carboxylic acids is 2. The summed E-state index contributed by atoms with van der Waals surface area (Å²) in [5.74, 6) is 1.67. The lowest BCUT2D eigenvalue weighted by molar-refractivity contribution is -0.161. The summed E-state index contributed by atoms with van der Waals surface area (Å²) in [7, 11) is 0. The highest BCUT2D eigenvalue weighted by atomic mass is 79.9. The van der Waals surface area contributed by atoms with Crippen LogP contribution in [0.5, 0.6) is 11.5 Å². The van der Waals surface area contributed by atoms with Crippen LogP contribution >= 0.6 is 27.7 Å². The van der Waals surface area contributed by atoms with Crippen LogP contribution in [0.2, 0.25) is 0 Å². The molecular weight excluding hydrogens is 626 g/mol. The first-order valence-corrected chi connectivity index (χ1v) is 15.7. The molecule has 1 amide bonds. The van der Waals surface area contributed by atoms with Gasteiger partial charge in [0, 0.05) is 29.0 Å². The molecule has 0 spiro atoms. The molecule has 226 valence electrons. The number of rotatable bonds is 10. The van der Waals surface area contributed by atoms with E-state index in [1.807, 2.05) is 26.0 Å². The normalized spacial score (nSPS) is 16.7. The van der Waals surface area contributed by atoms with Crippen LogP contribution in [0.25, 0.3) is 11.2 Å². The maximum atomic E-state index is 13.0. The first-order valence-electron chi connectivity index (χ1n) is 14.1. The van der Waals surface area contributed by atoms with Gasteiger partial charge in [-0.3, -0.25) is 9.59 Å². The van der Waals surface area contributed by atoms with Crippen LogP contribution in [0.3, 0.4) is 0 Å². The molecule has 4 N–H and O–H groups in total. The number of benzene rings is 1. The van der Waals surface area contributed by atoms with Crippen molar-refractivity contribution in [3.8, 4) is 11.5 Å². The molecule has 5 rings (SSSR count). The van der Waals surface area contributed by atoms with Crippen molar-refractivity contribution in [3.63, 3.8) is 0 Å². The van der Waals surface area contributed by atoms with Gasteiger partial charge in [0.2, 0.25) is 6.79 Å². The third kappa shape index (κ3) is 6.76. The molecule has 14 heteroatoms. The number of hydrogen-bond acceptors (Lipinski definition) is 11. The Labute approximate surface area is 257 Å². The summed E-state index contributed by atoms with van der Waals surface area (Å²) in [6.45, 7) is 7.68. The number of ether oxygens (including phenoxy) is 3. The van der Waals surface area contributed by atoms with Crippen molar-refractivity contribution in [1.29, 1.82) is 0 Å². The standard InChI is InChI=1S/C28H36BrN7O5S/c1-15(2)10-19(30)27(38)41-16(3)26(37)35-7-4-17(5-8-35)6-9-36-25-23(24(31)32-13-33-25)34-28(36)42-22-12-21-20(11-18(22)29)39-14-40-21/h11-13,15-17,19H,4-10,14,30H2,1-3H3,(H2,31,32,33)/t16-,19-/m0/s1. The fourth-order valence-corrected chi connectivity index (χ4v) is 6.72. The first-order chi connectivity index (χ1) is 20.1. The number of piperidine rings is 1. The van der Waals surface area contributed by atoms with Crippen LogP contribution in [0.1, 0.15) is 46.5 Å². The molecular formula is C28H36BrN7O5S. The molecule has 0 unspecified atom stereocenters. The second-order valence-corrected chi connectivity index (χ2v) is 13.0. The van der Waals surface area contributed by atoms with Gasteiger partial charge in [-0.1, -0.05) is 25.6 Å². The smallest absolute Gasteiger partial charge is 0.323 e. The summed E-state index contributed by atoms with van der Waals surface area (Å²) in [6.07, 6.45) is 3.68. The molecule has 2 atom stereocenters. The highest BCUT2D eigenvalue weighted by molar-refractivity contribution is 9.10. The Morgan fingerprint density at radius 1 is 1.17 bits per heavy atom. The molecule has 12 nitrogen and oxygen atoms in total. The SMILES string of the molecule is CC(C)C[C@H](N)C(=O)O[C@@H](C)C(=O)N1CCC(CCn2c(Sc3cc4c(cc3Br)OCO4)nc3c(N)ncnc32)CC1. The van der Waals surface area contributed by atoms with Crippen molar-refractivity contribution in [2.24, 2.45) is 17.6 Å². The topological polar surface area (TPSA) is 161 Å². The number of nitrogen functional groups attached to an aromatic ring is 1. The van der Waals surface area contributed by atoms with Gasteiger partial charge < -0.3 is 35.1 Å². The fourth-order valence-electron chi connectivity index (χ4n) is 5.22. The van der Waals surface area contributed by atoms with E-state index in [4.69, 9.17) is 30.7 Å². The van der Waals surface area contributed by atoms with E-state index < -0.39 is 18.1 Å². The minimum atomic E-state index is -0.857. The van der Waals surface area contributed by atoms with Crippen LogP contribution in [0.4, 0.5) is 5.82 Å². The number of carbonyl (C=O) groups is 2. The lowest BCUT2D eigenvalue weighted by atomic mass is 9.93. The highest BCUT2D eigenvalue weighted by Crippen LogP contribution is 2.43. The minimum Gasteiger partial charge on any atom is -0.454 e. The fraction of sp³-hybridized carbons (Fsp3) is 0.536. The Bertz CT molecular complexity index is 1460. The molecule has 2 aliphatic heterocycles. The third-order valence-electron chi connectivity index (χ3n) is 7.51. The van der Waals surface area contributed by atoms with Crippen molar-refractivity contribution in [3.05, 3.63) is 22.9 Å². The lowest BCUT2D eigenvalue weighted by Crippen LogP contribution is -2.46. The quantitative estimate of drug-likeness (QED) is 0.302. The van der Waals surface area contributed by atoms with E-state index in [0.717, 1.165) is 33.8 Å². The van der Waals surface area contributed by atoms with E-state index in [1.165, 1.54) is 18.1 Å². The number of esters is 1.